The van der Waals surface area contributed by atoms with E-state index in [0.717, 1.165) is 0 Å². The Balaban J connectivity index is 2.19. The van der Waals surface area contributed by atoms with Crippen LogP contribution in [0.2, 0.25) is 0 Å². The fourth-order valence-electron chi connectivity index (χ4n) is 1.66. The summed E-state index contributed by atoms with van der Waals surface area (Å²) in [6.45, 7) is 0. The van der Waals surface area contributed by atoms with Gasteiger partial charge in [0.1, 0.15) is 0 Å². The van der Waals surface area contributed by atoms with Crippen LogP contribution in [0.4, 0.5) is 0 Å². The highest BCUT2D eigenvalue weighted by molar-refractivity contribution is 7.85. The van der Waals surface area contributed by atoms with Gasteiger partial charge in [-0.05, 0) is 18.2 Å². The smallest absolute Gasteiger partial charge is 0.294 e. The van der Waals surface area contributed by atoms with E-state index in [-0.39, 0.29) is 4.90 Å². The number of imidazole rings is 2. The fraction of sp³-hybridized carbons (Fsp3) is 0. The van der Waals surface area contributed by atoms with Crippen molar-refractivity contribution in [3.63, 3.8) is 0 Å². The standard InChI is InChI=1S/C10H8N4O3S/c15-18(16,17)6-1-2-7-8(5-6)14-10(13-7)9-11-3-4-12-9/h1-5H,(H,11,12)(H,13,14)(H,15,16,17). The molecule has 3 N–H and O–H groups in total. The number of nitrogens with zero attached hydrogens (tertiary/aromatic N) is 2. The average Bonchev–Trinajstić information content (AvgIpc) is 2.95. The van der Waals surface area contributed by atoms with Crippen LogP contribution in [0.3, 0.4) is 0 Å². The quantitative estimate of drug-likeness (QED) is 0.602. The molecular formula is C10H8N4O3S. The van der Waals surface area contributed by atoms with Crippen LogP contribution in [-0.2, 0) is 10.1 Å². The maximum absolute atomic E-state index is 11.0. The molecule has 0 aliphatic rings. The molecule has 0 amide bonds. The number of fused-ring (bicyclic) bond motifs is 1. The van der Waals surface area contributed by atoms with Gasteiger partial charge in [0.15, 0.2) is 11.6 Å². The van der Waals surface area contributed by atoms with E-state index in [1.807, 2.05) is 0 Å². The first-order valence-corrected chi connectivity index (χ1v) is 6.45. The van der Waals surface area contributed by atoms with E-state index in [2.05, 4.69) is 19.9 Å². The summed E-state index contributed by atoms with van der Waals surface area (Å²) in [5.41, 5.74) is 1.10. The number of hydrogen-bond acceptors (Lipinski definition) is 4. The normalized spacial score (nSPS) is 12.1. The van der Waals surface area contributed by atoms with Crippen LogP contribution >= 0.6 is 0 Å². The van der Waals surface area contributed by atoms with Crippen LogP contribution in [-0.4, -0.2) is 32.9 Å². The summed E-state index contributed by atoms with van der Waals surface area (Å²) < 4.78 is 31.0. The van der Waals surface area contributed by atoms with Crippen molar-refractivity contribution in [2.24, 2.45) is 0 Å². The van der Waals surface area contributed by atoms with Gasteiger partial charge in [-0.1, -0.05) is 0 Å². The summed E-state index contributed by atoms with van der Waals surface area (Å²) in [4.78, 5) is 13.9. The van der Waals surface area contributed by atoms with Crippen molar-refractivity contribution in [2.45, 2.75) is 4.90 Å². The third-order valence-corrected chi connectivity index (χ3v) is 3.32. The number of rotatable bonds is 2. The van der Waals surface area contributed by atoms with Crippen LogP contribution in [0.1, 0.15) is 0 Å². The van der Waals surface area contributed by atoms with E-state index in [0.29, 0.717) is 22.7 Å². The Labute approximate surface area is 102 Å². The lowest BCUT2D eigenvalue weighted by Gasteiger charge is -1.95. The Morgan fingerprint density at radius 3 is 2.72 bits per heavy atom. The molecule has 3 rings (SSSR count). The van der Waals surface area contributed by atoms with Gasteiger partial charge in [-0.15, -0.1) is 0 Å². The molecule has 0 spiro atoms. The van der Waals surface area contributed by atoms with Crippen molar-refractivity contribution in [3.05, 3.63) is 30.6 Å². The van der Waals surface area contributed by atoms with Gasteiger partial charge in [-0.3, -0.25) is 4.55 Å². The third kappa shape index (κ3) is 1.77. The molecule has 3 aromatic rings. The van der Waals surface area contributed by atoms with Crippen molar-refractivity contribution < 1.29 is 13.0 Å². The first-order valence-electron chi connectivity index (χ1n) is 5.01. The summed E-state index contributed by atoms with van der Waals surface area (Å²) in [7, 11) is -4.21. The van der Waals surface area contributed by atoms with E-state index in [1.54, 1.807) is 12.4 Å². The highest BCUT2D eigenvalue weighted by atomic mass is 32.2. The summed E-state index contributed by atoms with van der Waals surface area (Å²) in [6.07, 6.45) is 3.25. The lowest BCUT2D eigenvalue weighted by molar-refractivity contribution is 0.483. The second-order valence-electron chi connectivity index (χ2n) is 3.68. The second-order valence-corrected chi connectivity index (χ2v) is 5.10. The molecule has 0 radical (unpaired) electrons. The van der Waals surface area contributed by atoms with E-state index in [1.165, 1.54) is 18.2 Å². The molecule has 2 heterocycles. The van der Waals surface area contributed by atoms with Crippen molar-refractivity contribution in [1.82, 2.24) is 19.9 Å². The summed E-state index contributed by atoms with van der Waals surface area (Å²) in [5, 5.41) is 0. The molecule has 0 bridgehead atoms. The van der Waals surface area contributed by atoms with Gasteiger partial charge in [0.05, 0.1) is 15.9 Å². The molecule has 1 aromatic carbocycles. The fourth-order valence-corrected chi connectivity index (χ4v) is 2.16. The lowest BCUT2D eigenvalue weighted by Crippen LogP contribution is -1.97. The zero-order valence-electron chi connectivity index (χ0n) is 8.95. The monoisotopic (exact) mass is 264 g/mol. The van der Waals surface area contributed by atoms with Crippen molar-refractivity contribution in [2.75, 3.05) is 0 Å². The van der Waals surface area contributed by atoms with E-state index >= 15 is 0 Å². The maximum Gasteiger partial charge on any atom is 0.294 e. The van der Waals surface area contributed by atoms with Gasteiger partial charge < -0.3 is 9.97 Å². The maximum atomic E-state index is 11.0. The molecule has 0 unspecified atom stereocenters. The third-order valence-electron chi connectivity index (χ3n) is 2.47. The Hall–Kier alpha value is -2.19. The first kappa shape index (κ1) is 10.9. The van der Waals surface area contributed by atoms with Gasteiger partial charge in [-0.25, -0.2) is 9.97 Å². The minimum absolute atomic E-state index is 0.176. The molecule has 2 aromatic heterocycles. The molecule has 0 aliphatic heterocycles. The Morgan fingerprint density at radius 1 is 1.22 bits per heavy atom. The molecule has 0 saturated heterocycles. The van der Waals surface area contributed by atoms with Crippen molar-refractivity contribution >= 4 is 21.2 Å². The zero-order chi connectivity index (χ0) is 12.8. The number of benzene rings is 1. The van der Waals surface area contributed by atoms with Gasteiger partial charge >= 0.3 is 0 Å². The average molecular weight is 264 g/mol. The predicted octanol–water partition coefficient (Wildman–Crippen LogP) is 1.20. The Bertz CT molecular complexity index is 805. The van der Waals surface area contributed by atoms with Crippen LogP contribution in [0, 0.1) is 0 Å². The molecule has 0 saturated carbocycles. The van der Waals surface area contributed by atoms with Gasteiger partial charge in [0, 0.05) is 12.4 Å². The minimum atomic E-state index is -4.21. The molecule has 7 nitrogen and oxygen atoms in total. The lowest BCUT2D eigenvalue weighted by atomic mass is 10.3. The molecule has 92 valence electrons. The van der Waals surface area contributed by atoms with Crippen LogP contribution in [0.15, 0.2) is 35.5 Å². The SMILES string of the molecule is O=S(=O)(O)c1ccc2nc(-c3ncc[nH]3)[nH]c2c1. The molecule has 0 atom stereocenters. The Kier molecular flexibility index (Phi) is 2.22. The largest absolute Gasteiger partial charge is 0.342 e. The zero-order valence-corrected chi connectivity index (χ0v) is 9.77. The first-order chi connectivity index (χ1) is 8.54. The van der Waals surface area contributed by atoms with Crippen molar-refractivity contribution in [3.8, 4) is 11.6 Å². The van der Waals surface area contributed by atoms with Gasteiger partial charge in [0.25, 0.3) is 10.1 Å². The van der Waals surface area contributed by atoms with Crippen LogP contribution < -0.4 is 0 Å². The molecule has 8 heteroatoms. The predicted molar refractivity (Wildman–Crippen MR) is 63.5 cm³/mol. The number of nitrogens with one attached hydrogen (secondary N) is 2. The molecular weight excluding hydrogens is 256 g/mol. The summed E-state index contributed by atoms with van der Waals surface area (Å²) in [5.74, 6) is 1.06. The van der Waals surface area contributed by atoms with Crippen LogP contribution in [0.25, 0.3) is 22.7 Å². The number of aromatic amines is 2. The van der Waals surface area contributed by atoms with Gasteiger partial charge in [-0.2, -0.15) is 8.42 Å². The topological polar surface area (TPSA) is 112 Å². The molecule has 0 aliphatic carbocycles. The van der Waals surface area contributed by atoms with E-state index in [9.17, 15) is 8.42 Å². The highest BCUT2D eigenvalue weighted by Gasteiger charge is 2.13. The summed E-state index contributed by atoms with van der Waals surface area (Å²) >= 11 is 0. The molecule has 18 heavy (non-hydrogen) atoms. The van der Waals surface area contributed by atoms with Crippen LogP contribution in [0.5, 0.6) is 0 Å². The number of H-pyrrole nitrogens is 2. The Morgan fingerprint density at radius 2 is 2.06 bits per heavy atom. The van der Waals surface area contributed by atoms with Crippen molar-refractivity contribution in [1.29, 1.82) is 0 Å². The minimum Gasteiger partial charge on any atom is -0.342 e. The highest BCUT2D eigenvalue weighted by Crippen LogP contribution is 2.20. The summed E-state index contributed by atoms with van der Waals surface area (Å²) in [6, 6.07) is 4.13. The van der Waals surface area contributed by atoms with Gasteiger partial charge in [0.2, 0.25) is 0 Å². The second kappa shape index (κ2) is 3.65. The molecule has 0 fully saturated rings. The van der Waals surface area contributed by atoms with E-state index < -0.39 is 10.1 Å². The van der Waals surface area contributed by atoms with E-state index in [4.69, 9.17) is 4.55 Å². The number of aromatic nitrogens is 4. The number of hydrogen-bond donors (Lipinski definition) is 3.